The van der Waals surface area contributed by atoms with Gasteiger partial charge in [0.15, 0.2) is 5.82 Å². The van der Waals surface area contributed by atoms with Gasteiger partial charge in [-0.1, -0.05) is 29.3 Å². The molecule has 1 amide bonds. The van der Waals surface area contributed by atoms with Crippen LogP contribution < -0.4 is 19.7 Å². The second-order valence-electron chi connectivity index (χ2n) is 7.72. The van der Waals surface area contributed by atoms with Crippen molar-refractivity contribution >= 4 is 29.0 Å². The molecule has 7 nitrogen and oxygen atoms in total. The van der Waals surface area contributed by atoms with E-state index in [1.54, 1.807) is 37.7 Å². The van der Waals surface area contributed by atoms with Crippen LogP contribution in [0.25, 0.3) is 0 Å². The number of piperidine rings is 1. The third kappa shape index (κ3) is 5.11. The number of ether oxygens (including phenoxy) is 2. The summed E-state index contributed by atoms with van der Waals surface area (Å²) in [6, 6.07) is 13.0. The standard InChI is InChI=1S/C24H25ClN4O3/c1-16-5-8-19(9-6-16)32-24-22(26-11-12-27-24)29-13-3-4-17(15-29)23(30)28-18-7-10-21(31-2)20(25)14-18/h5-12,14,17H,3-4,13,15H2,1-2H3,(H,28,30). The van der Waals surface area contributed by atoms with Crippen LogP contribution in [0.4, 0.5) is 11.5 Å². The first kappa shape index (κ1) is 21.9. The molecule has 0 aliphatic carbocycles. The predicted molar refractivity (Wildman–Crippen MR) is 125 cm³/mol. The van der Waals surface area contributed by atoms with E-state index in [0.717, 1.165) is 24.9 Å². The number of hydrogen-bond donors (Lipinski definition) is 1. The molecule has 1 fully saturated rings. The summed E-state index contributed by atoms with van der Waals surface area (Å²) in [5, 5.41) is 3.41. The van der Waals surface area contributed by atoms with Crippen LogP contribution in [0.5, 0.6) is 17.4 Å². The lowest BCUT2D eigenvalue weighted by Gasteiger charge is -2.33. The fourth-order valence-electron chi connectivity index (χ4n) is 3.70. The highest BCUT2D eigenvalue weighted by molar-refractivity contribution is 6.32. The lowest BCUT2D eigenvalue weighted by molar-refractivity contribution is -0.120. The van der Waals surface area contributed by atoms with E-state index < -0.39 is 0 Å². The topological polar surface area (TPSA) is 76.6 Å². The number of benzene rings is 2. The maximum atomic E-state index is 12.9. The Morgan fingerprint density at radius 2 is 1.94 bits per heavy atom. The third-order valence-electron chi connectivity index (χ3n) is 5.39. The molecule has 1 aliphatic heterocycles. The lowest BCUT2D eigenvalue weighted by Crippen LogP contribution is -2.41. The molecule has 0 saturated carbocycles. The van der Waals surface area contributed by atoms with Crippen molar-refractivity contribution in [3.05, 3.63) is 65.4 Å². The van der Waals surface area contributed by atoms with Crippen molar-refractivity contribution in [1.29, 1.82) is 0 Å². The molecule has 4 rings (SSSR count). The van der Waals surface area contributed by atoms with Gasteiger partial charge in [0.2, 0.25) is 5.91 Å². The summed E-state index contributed by atoms with van der Waals surface area (Å²) in [6.45, 7) is 3.33. The summed E-state index contributed by atoms with van der Waals surface area (Å²) < 4.78 is 11.2. The third-order valence-corrected chi connectivity index (χ3v) is 5.69. The Hall–Kier alpha value is -3.32. The van der Waals surface area contributed by atoms with Crippen molar-refractivity contribution in [3.63, 3.8) is 0 Å². The quantitative estimate of drug-likeness (QED) is 0.561. The van der Waals surface area contributed by atoms with E-state index in [9.17, 15) is 4.79 Å². The molecule has 0 radical (unpaired) electrons. The highest BCUT2D eigenvalue weighted by Crippen LogP contribution is 2.32. The number of hydrogen-bond acceptors (Lipinski definition) is 6. The van der Waals surface area contributed by atoms with E-state index in [0.29, 0.717) is 40.5 Å². The van der Waals surface area contributed by atoms with E-state index in [1.165, 1.54) is 0 Å². The van der Waals surface area contributed by atoms with Gasteiger partial charge >= 0.3 is 0 Å². The Morgan fingerprint density at radius 1 is 1.16 bits per heavy atom. The molecule has 8 heteroatoms. The molecular weight excluding hydrogens is 428 g/mol. The van der Waals surface area contributed by atoms with E-state index >= 15 is 0 Å². The Labute approximate surface area is 192 Å². The number of rotatable bonds is 6. The zero-order valence-corrected chi connectivity index (χ0v) is 18.8. The van der Waals surface area contributed by atoms with Gasteiger partial charge in [-0.05, 0) is 50.1 Å². The Bertz CT molecular complexity index is 1090. The number of aromatic nitrogens is 2. The summed E-state index contributed by atoms with van der Waals surface area (Å²) in [5.74, 6) is 2.08. The minimum Gasteiger partial charge on any atom is -0.495 e. The van der Waals surface area contributed by atoms with Crippen molar-refractivity contribution in [2.24, 2.45) is 5.92 Å². The maximum absolute atomic E-state index is 12.9. The van der Waals surface area contributed by atoms with Crippen molar-refractivity contribution in [2.75, 3.05) is 30.4 Å². The normalized spacial score (nSPS) is 15.8. The van der Waals surface area contributed by atoms with Crippen LogP contribution in [-0.4, -0.2) is 36.1 Å². The molecule has 1 aromatic heterocycles. The van der Waals surface area contributed by atoms with E-state index in [2.05, 4.69) is 20.2 Å². The molecule has 1 aliphatic rings. The van der Waals surface area contributed by atoms with Crippen LogP contribution in [0, 0.1) is 12.8 Å². The first-order chi connectivity index (χ1) is 15.5. The van der Waals surface area contributed by atoms with Gasteiger partial charge in [0.05, 0.1) is 18.1 Å². The summed E-state index contributed by atoms with van der Waals surface area (Å²) in [5.41, 5.74) is 1.79. The molecular formula is C24H25ClN4O3. The molecule has 2 aromatic carbocycles. The number of anilines is 2. The van der Waals surface area contributed by atoms with Gasteiger partial charge in [0.25, 0.3) is 5.88 Å². The highest BCUT2D eigenvalue weighted by Gasteiger charge is 2.28. The van der Waals surface area contributed by atoms with Crippen molar-refractivity contribution in [3.8, 4) is 17.4 Å². The fraction of sp³-hybridized carbons (Fsp3) is 0.292. The van der Waals surface area contributed by atoms with Crippen LogP contribution in [-0.2, 0) is 4.79 Å². The number of amides is 1. The molecule has 1 unspecified atom stereocenters. The van der Waals surface area contributed by atoms with Crippen LogP contribution in [0.1, 0.15) is 18.4 Å². The van der Waals surface area contributed by atoms with Gasteiger partial charge in [-0.25, -0.2) is 9.97 Å². The van der Waals surface area contributed by atoms with Crippen LogP contribution in [0.2, 0.25) is 5.02 Å². The summed E-state index contributed by atoms with van der Waals surface area (Å²) in [6.07, 6.45) is 4.90. The number of methoxy groups -OCH3 is 1. The van der Waals surface area contributed by atoms with Crippen molar-refractivity contribution < 1.29 is 14.3 Å². The molecule has 2 heterocycles. The number of carbonyl (C=O) groups is 1. The van der Waals surface area contributed by atoms with Crippen molar-refractivity contribution in [1.82, 2.24) is 9.97 Å². The molecule has 0 spiro atoms. The zero-order chi connectivity index (χ0) is 22.5. The summed E-state index contributed by atoms with van der Waals surface area (Å²) in [7, 11) is 1.55. The smallest absolute Gasteiger partial charge is 0.263 e. The minimum atomic E-state index is -0.196. The SMILES string of the molecule is COc1ccc(NC(=O)C2CCCN(c3nccnc3Oc3ccc(C)cc3)C2)cc1Cl. The largest absolute Gasteiger partial charge is 0.495 e. The number of halogens is 1. The second-order valence-corrected chi connectivity index (χ2v) is 8.13. The second kappa shape index (κ2) is 9.87. The monoisotopic (exact) mass is 452 g/mol. The van der Waals surface area contributed by atoms with Crippen molar-refractivity contribution in [2.45, 2.75) is 19.8 Å². The predicted octanol–water partition coefficient (Wildman–Crippen LogP) is 5.09. The number of aryl methyl sites for hydroxylation is 1. The summed E-state index contributed by atoms with van der Waals surface area (Å²) >= 11 is 6.18. The van der Waals surface area contributed by atoms with Crippen LogP contribution in [0.3, 0.4) is 0 Å². The molecule has 0 bridgehead atoms. The Kier molecular flexibility index (Phi) is 6.75. The van der Waals surface area contributed by atoms with Gasteiger partial charge in [-0.15, -0.1) is 0 Å². The molecule has 32 heavy (non-hydrogen) atoms. The van der Waals surface area contributed by atoms with Crippen LogP contribution in [0.15, 0.2) is 54.9 Å². The first-order valence-corrected chi connectivity index (χ1v) is 10.9. The Balaban J connectivity index is 1.46. The number of nitrogens with one attached hydrogen (secondary N) is 1. The van der Waals surface area contributed by atoms with Crippen LogP contribution >= 0.6 is 11.6 Å². The Morgan fingerprint density at radius 3 is 2.69 bits per heavy atom. The first-order valence-electron chi connectivity index (χ1n) is 10.5. The molecule has 1 atom stereocenters. The molecule has 3 aromatic rings. The average Bonchev–Trinajstić information content (AvgIpc) is 2.81. The maximum Gasteiger partial charge on any atom is 0.263 e. The van der Waals surface area contributed by atoms with E-state index in [4.69, 9.17) is 21.1 Å². The van der Waals surface area contributed by atoms with Gasteiger partial charge in [-0.3, -0.25) is 4.79 Å². The summed E-state index contributed by atoms with van der Waals surface area (Å²) in [4.78, 5) is 23.9. The zero-order valence-electron chi connectivity index (χ0n) is 18.0. The average molecular weight is 453 g/mol. The van der Waals surface area contributed by atoms with E-state index in [1.807, 2.05) is 31.2 Å². The lowest BCUT2D eigenvalue weighted by atomic mass is 9.97. The van der Waals surface area contributed by atoms with Gasteiger partial charge in [0.1, 0.15) is 11.5 Å². The number of nitrogens with zero attached hydrogens (tertiary/aromatic N) is 3. The molecule has 1 N–H and O–H groups in total. The van der Waals surface area contributed by atoms with Gasteiger partial charge in [-0.2, -0.15) is 0 Å². The fourth-order valence-corrected chi connectivity index (χ4v) is 3.95. The molecule has 1 saturated heterocycles. The van der Waals surface area contributed by atoms with Gasteiger partial charge < -0.3 is 19.7 Å². The molecule has 166 valence electrons. The van der Waals surface area contributed by atoms with Gasteiger partial charge in [0, 0.05) is 31.2 Å². The number of carbonyl (C=O) groups excluding carboxylic acids is 1. The van der Waals surface area contributed by atoms with E-state index in [-0.39, 0.29) is 11.8 Å². The highest BCUT2D eigenvalue weighted by atomic mass is 35.5. The minimum absolute atomic E-state index is 0.0548.